The summed E-state index contributed by atoms with van der Waals surface area (Å²) >= 11 is 9.15. The van der Waals surface area contributed by atoms with E-state index in [4.69, 9.17) is 22.8 Å². The molecule has 2 nitrogen and oxygen atoms in total. The van der Waals surface area contributed by atoms with E-state index in [-0.39, 0.29) is 12.4 Å². The molecule has 1 heterocycles. The number of cyclic esters (lactones) is 1. The summed E-state index contributed by atoms with van der Waals surface area (Å²) in [4.78, 5) is 13.7. The zero-order valence-corrected chi connectivity index (χ0v) is 11.8. The molecule has 0 aliphatic carbocycles. The van der Waals surface area contributed by atoms with Gasteiger partial charge in [0.05, 0.1) is 0 Å². The Morgan fingerprint density at radius 2 is 2.39 bits per heavy atom. The van der Waals surface area contributed by atoms with E-state index in [0.717, 1.165) is 5.56 Å². The topological polar surface area (TPSA) is 26.3 Å². The second-order valence-electron chi connectivity index (χ2n) is 4.12. The quantitative estimate of drug-likeness (QED) is 0.611. The van der Waals surface area contributed by atoms with Crippen LogP contribution in [0.25, 0.3) is 0 Å². The van der Waals surface area contributed by atoms with Crippen LogP contribution in [-0.2, 0) is 14.9 Å². The highest BCUT2D eigenvalue weighted by Gasteiger charge is 2.48. The second-order valence-corrected chi connectivity index (χ2v) is 5.01. The summed E-state index contributed by atoms with van der Waals surface area (Å²) in [6.45, 7) is 0. The standard InChI is InChI=1S/C14H10BrClO2/c1-2-6-14(8-12(9-15)18-13(14)17)10-4-3-5-11(16)7-10/h1,3-5,7,9H,6,8H2/b12-9+/t14-/m1/s1. The molecule has 0 bridgehead atoms. The van der Waals surface area contributed by atoms with Crippen LogP contribution in [0.2, 0.25) is 5.02 Å². The van der Waals surface area contributed by atoms with Crippen molar-refractivity contribution in [2.24, 2.45) is 0 Å². The summed E-state index contributed by atoms with van der Waals surface area (Å²) < 4.78 is 5.21. The molecule has 1 saturated heterocycles. The van der Waals surface area contributed by atoms with Crippen LogP contribution in [0.3, 0.4) is 0 Å². The highest BCUT2D eigenvalue weighted by atomic mass is 79.9. The third-order valence-corrected chi connectivity index (χ3v) is 3.74. The molecule has 0 aromatic heterocycles. The number of esters is 1. The Morgan fingerprint density at radius 3 is 2.94 bits per heavy atom. The van der Waals surface area contributed by atoms with Gasteiger partial charge in [-0.1, -0.05) is 39.7 Å². The fraction of sp³-hybridized carbons (Fsp3) is 0.214. The number of terminal acetylenes is 1. The molecule has 18 heavy (non-hydrogen) atoms. The number of carbonyl (C=O) groups excluding carboxylic acids is 1. The Hall–Kier alpha value is -1.24. The lowest BCUT2D eigenvalue weighted by Gasteiger charge is -2.22. The van der Waals surface area contributed by atoms with Crippen LogP contribution < -0.4 is 0 Å². The minimum absolute atomic E-state index is 0.288. The molecule has 1 aliphatic rings. The maximum atomic E-state index is 12.1. The molecule has 4 heteroatoms. The van der Waals surface area contributed by atoms with E-state index >= 15 is 0 Å². The van der Waals surface area contributed by atoms with Crippen molar-refractivity contribution < 1.29 is 9.53 Å². The van der Waals surface area contributed by atoms with Gasteiger partial charge < -0.3 is 4.74 Å². The maximum absolute atomic E-state index is 12.1. The molecule has 1 atom stereocenters. The highest BCUT2D eigenvalue weighted by Crippen LogP contribution is 2.42. The van der Waals surface area contributed by atoms with E-state index in [0.29, 0.717) is 17.2 Å². The van der Waals surface area contributed by atoms with Crippen molar-refractivity contribution in [2.45, 2.75) is 18.3 Å². The second kappa shape index (κ2) is 5.17. The molecule has 92 valence electrons. The molecular formula is C14H10BrClO2. The van der Waals surface area contributed by atoms with Crippen LogP contribution in [0.5, 0.6) is 0 Å². The van der Waals surface area contributed by atoms with Gasteiger partial charge in [0.15, 0.2) is 0 Å². The van der Waals surface area contributed by atoms with Gasteiger partial charge in [0.25, 0.3) is 0 Å². The first-order valence-corrected chi connectivity index (χ1v) is 6.63. The van der Waals surface area contributed by atoms with Crippen LogP contribution >= 0.6 is 27.5 Å². The number of allylic oxidation sites excluding steroid dienone is 1. The third kappa shape index (κ3) is 2.19. The Morgan fingerprint density at radius 1 is 1.61 bits per heavy atom. The first-order valence-electron chi connectivity index (χ1n) is 5.33. The minimum atomic E-state index is -0.820. The molecule has 1 aromatic rings. The van der Waals surface area contributed by atoms with Gasteiger partial charge in [-0.3, -0.25) is 4.79 Å². The Bertz CT molecular complexity index is 559. The smallest absolute Gasteiger partial charge is 0.323 e. The first-order chi connectivity index (χ1) is 8.62. The van der Waals surface area contributed by atoms with Gasteiger partial charge in [0.1, 0.15) is 11.2 Å². The summed E-state index contributed by atoms with van der Waals surface area (Å²) in [7, 11) is 0. The van der Waals surface area contributed by atoms with Crippen molar-refractivity contribution in [3.63, 3.8) is 0 Å². The van der Waals surface area contributed by atoms with E-state index in [1.165, 1.54) is 0 Å². The SMILES string of the molecule is C#CC[C@]1(c2cccc(Cl)c2)C/C(=C\Br)OC1=O. The average molecular weight is 326 g/mol. The van der Waals surface area contributed by atoms with E-state index in [9.17, 15) is 4.79 Å². The van der Waals surface area contributed by atoms with E-state index in [1.54, 1.807) is 23.2 Å². The normalized spacial score (nSPS) is 24.9. The number of rotatable bonds is 2. The lowest BCUT2D eigenvalue weighted by Crippen LogP contribution is -2.31. The summed E-state index contributed by atoms with van der Waals surface area (Å²) in [5, 5.41) is 0.577. The molecule has 1 fully saturated rings. The molecule has 0 unspecified atom stereocenters. The van der Waals surface area contributed by atoms with Gasteiger partial charge in [0.2, 0.25) is 0 Å². The molecule has 0 radical (unpaired) electrons. The van der Waals surface area contributed by atoms with E-state index in [2.05, 4.69) is 21.9 Å². The van der Waals surface area contributed by atoms with Gasteiger partial charge in [-0.05, 0) is 17.7 Å². The molecule has 0 spiro atoms. The van der Waals surface area contributed by atoms with Crippen LogP contribution in [0.4, 0.5) is 0 Å². The Kier molecular flexibility index (Phi) is 3.79. The summed E-state index contributed by atoms with van der Waals surface area (Å²) in [6.07, 6.45) is 6.13. The molecule has 1 aromatic carbocycles. The minimum Gasteiger partial charge on any atom is -0.430 e. The number of carbonyl (C=O) groups is 1. The van der Waals surface area contributed by atoms with Crippen LogP contribution in [0.15, 0.2) is 35.0 Å². The summed E-state index contributed by atoms with van der Waals surface area (Å²) in [5.74, 6) is 2.81. The lowest BCUT2D eigenvalue weighted by molar-refractivity contribution is -0.140. The van der Waals surface area contributed by atoms with Crippen molar-refractivity contribution in [1.29, 1.82) is 0 Å². The predicted molar refractivity (Wildman–Crippen MR) is 74.3 cm³/mol. The van der Waals surface area contributed by atoms with Crippen LogP contribution in [0.1, 0.15) is 18.4 Å². The predicted octanol–water partition coefficient (Wildman–Crippen LogP) is 3.78. The Balaban J connectivity index is 2.52. The van der Waals surface area contributed by atoms with Crippen LogP contribution in [-0.4, -0.2) is 5.97 Å². The van der Waals surface area contributed by atoms with Gasteiger partial charge in [-0.25, -0.2) is 0 Å². The van der Waals surface area contributed by atoms with Crippen molar-refractivity contribution >= 4 is 33.5 Å². The molecule has 0 amide bonds. The number of hydrogen-bond acceptors (Lipinski definition) is 2. The summed E-state index contributed by atoms with van der Waals surface area (Å²) in [6, 6.07) is 7.17. The highest BCUT2D eigenvalue weighted by molar-refractivity contribution is 9.11. The first kappa shape index (κ1) is 13.2. The average Bonchev–Trinajstić information content (AvgIpc) is 2.68. The molecule has 2 rings (SSSR count). The van der Waals surface area contributed by atoms with E-state index < -0.39 is 5.41 Å². The summed E-state index contributed by atoms with van der Waals surface area (Å²) in [5.41, 5.74) is -0.0264. The lowest BCUT2D eigenvalue weighted by atomic mass is 9.76. The van der Waals surface area contributed by atoms with Gasteiger partial charge >= 0.3 is 5.97 Å². The molecule has 0 N–H and O–H groups in total. The largest absolute Gasteiger partial charge is 0.430 e. The van der Waals surface area contributed by atoms with Crippen molar-refractivity contribution in [3.05, 3.63) is 45.6 Å². The molecule has 1 aliphatic heterocycles. The van der Waals surface area contributed by atoms with Gasteiger partial charge in [-0.2, -0.15) is 0 Å². The number of hydrogen-bond donors (Lipinski definition) is 0. The van der Waals surface area contributed by atoms with Gasteiger partial charge in [-0.15, -0.1) is 12.3 Å². The van der Waals surface area contributed by atoms with Crippen molar-refractivity contribution in [2.75, 3.05) is 0 Å². The third-order valence-electron chi connectivity index (χ3n) is 2.99. The molecular weight excluding hydrogens is 316 g/mol. The fourth-order valence-electron chi connectivity index (χ4n) is 2.10. The van der Waals surface area contributed by atoms with Crippen LogP contribution in [0, 0.1) is 12.3 Å². The monoisotopic (exact) mass is 324 g/mol. The maximum Gasteiger partial charge on any atom is 0.323 e. The zero-order chi connectivity index (χ0) is 13.2. The van der Waals surface area contributed by atoms with Gasteiger partial charge in [0, 0.05) is 22.8 Å². The Labute approximate surface area is 119 Å². The fourth-order valence-corrected chi connectivity index (χ4v) is 2.55. The van der Waals surface area contributed by atoms with Crippen molar-refractivity contribution in [1.82, 2.24) is 0 Å². The van der Waals surface area contributed by atoms with E-state index in [1.807, 2.05) is 6.07 Å². The number of ether oxygens (including phenoxy) is 1. The number of benzene rings is 1. The zero-order valence-electron chi connectivity index (χ0n) is 9.45. The molecule has 0 saturated carbocycles. The van der Waals surface area contributed by atoms with Crippen molar-refractivity contribution in [3.8, 4) is 12.3 Å². The number of halogens is 2.